The second kappa shape index (κ2) is 6.55. The van der Waals surface area contributed by atoms with Gasteiger partial charge in [0.05, 0.1) is 6.61 Å². The molecule has 1 atom stereocenters. The van der Waals surface area contributed by atoms with Gasteiger partial charge in [0.1, 0.15) is 5.75 Å². The summed E-state index contributed by atoms with van der Waals surface area (Å²) >= 11 is 8.64. The average molecular weight is 414 g/mol. The summed E-state index contributed by atoms with van der Waals surface area (Å²) < 4.78 is 7.08. The van der Waals surface area contributed by atoms with Crippen LogP contribution in [0.5, 0.6) is 5.75 Å². The van der Waals surface area contributed by atoms with Gasteiger partial charge < -0.3 is 10.1 Å². The predicted octanol–water partition coefficient (Wildman–Crippen LogP) is 4.38. The smallest absolute Gasteiger partial charge is 0.125 e. The molecule has 0 spiro atoms. The van der Waals surface area contributed by atoms with E-state index in [2.05, 4.69) is 52.2 Å². The maximum absolute atomic E-state index is 6.25. The zero-order valence-electron chi connectivity index (χ0n) is 11.8. The van der Waals surface area contributed by atoms with Crippen LogP contribution in [0.3, 0.4) is 0 Å². The van der Waals surface area contributed by atoms with Gasteiger partial charge in [-0.15, -0.1) is 0 Å². The van der Waals surface area contributed by atoms with Crippen LogP contribution in [0.1, 0.15) is 22.7 Å². The van der Waals surface area contributed by atoms with E-state index in [1.165, 1.54) is 20.3 Å². The summed E-state index contributed by atoms with van der Waals surface area (Å²) in [6.45, 7) is 0.760. The van der Waals surface area contributed by atoms with Crippen molar-refractivity contribution in [2.45, 2.75) is 18.9 Å². The summed E-state index contributed by atoms with van der Waals surface area (Å²) in [5.74, 6) is 1.03. The van der Waals surface area contributed by atoms with Gasteiger partial charge in [-0.05, 0) is 70.9 Å². The van der Waals surface area contributed by atoms with Crippen molar-refractivity contribution in [3.63, 3.8) is 0 Å². The van der Waals surface area contributed by atoms with Gasteiger partial charge in [-0.2, -0.15) is 0 Å². The molecule has 1 N–H and O–H groups in total. The maximum atomic E-state index is 6.25. The molecule has 1 unspecified atom stereocenters. The van der Waals surface area contributed by atoms with E-state index in [4.69, 9.17) is 16.3 Å². The van der Waals surface area contributed by atoms with Crippen molar-refractivity contribution in [1.82, 2.24) is 5.32 Å². The summed E-state index contributed by atoms with van der Waals surface area (Å²) in [7, 11) is 2.00. The molecule has 3 rings (SSSR count). The molecule has 2 aromatic carbocycles. The lowest BCUT2D eigenvalue weighted by molar-refractivity contribution is 0.352. The zero-order chi connectivity index (χ0) is 14.8. The molecule has 0 saturated carbocycles. The predicted molar refractivity (Wildman–Crippen MR) is 95.3 cm³/mol. The van der Waals surface area contributed by atoms with Crippen molar-refractivity contribution in [2.24, 2.45) is 0 Å². The van der Waals surface area contributed by atoms with Gasteiger partial charge >= 0.3 is 0 Å². The van der Waals surface area contributed by atoms with E-state index < -0.39 is 0 Å². The molecule has 21 heavy (non-hydrogen) atoms. The van der Waals surface area contributed by atoms with E-state index in [0.717, 1.165) is 30.2 Å². The molecule has 4 heteroatoms. The zero-order valence-corrected chi connectivity index (χ0v) is 14.7. The number of benzene rings is 2. The molecule has 0 amide bonds. The second-order valence-electron chi connectivity index (χ2n) is 5.22. The highest BCUT2D eigenvalue weighted by molar-refractivity contribution is 14.1. The normalized spacial score (nSPS) is 14.6. The Morgan fingerprint density at radius 3 is 2.90 bits per heavy atom. The first-order chi connectivity index (χ1) is 10.2. The molecule has 0 bridgehead atoms. The first-order valence-corrected chi connectivity index (χ1v) is 8.50. The number of halogens is 2. The Bertz CT molecular complexity index is 659. The number of ether oxygens (including phenoxy) is 1. The van der Waals surface area contributed by atoms with E-state index in [1.807, 2.05) is 19.2 Å². The van der Waals surface area contributed by atoms with Crippen LogP contribution in [0.25, 0.3) is 0 Å². The summed E-state index contributed by atoms with van der Waals surface area (Å²) in [6, 6.07) is 12.8. The third kappa shape index (κ3) is 3.20. The summed E-state index contributed by atoms with van der Waals surface area (Å²) in [4.78, 5) is 0. The molecule has 2 nitrogen and oxygen atoms in total. The van der Waals surface area contributed by atoms with E-state index in [-0.39, 0.29) is 6.04 Å². The third-order valence-corrected chi connectivity index (χ3v) is 5.08. The van der Waals surface area contributed by atoms with Gasteiger partial charge in [0.25, 0.3) is 0 Å². The molecule has 2 aromatic rings. The Labute approximate surface area is 144 Å². The van der Waals surface area contributed by atoms with Crippen molar-refractivity contribution < 1.29 is 4.74 Å². The highest BCUT2D eigenvalue weighted by Crippen LogP contribution is 2.35. The monoisotopic (exact) mass is 413 g/mol. The van der Waals surface area contributed by atoms with Crippen molar-refractivity contribution in [3.05, 3.63) is 61.7 Å². The number of rotatable bonds is 4. The SMILES string of the molecule is CNC(Cc1cc(Cl)cc2c1OCC2)c1ccccc1I. The lowest BCUT2D eigenvalue weighted by Gasteiger charge is -2.20. The highest BCUT2D eigenvalue weighted by atomic mass is 127. The van der Waals surface area contributed by atoms with E-state index in [0.29, 0.717) is 0 Å². The van der Waals surface area contributed by atoms with Crippen molar-refractivity contribution in [3.8, 4) is 5.75 Å². The average Bonchev–Trinajstić information content (AvgIpc) is 2.93. The molecular weight excluding hydrogens is 397 g/mol. The van der Waals surface area contributed by atoms with Crippen molar-refractivity contribution in [1.29, 1.82) is 0 Å². The Morgan fingerprint density at radius 2 is 2.14 bits per heavy atom. The molecule has 0 aliphatic carbocycles. The van der Waals surface area contributed by atoms with Crippen molar-refractivity contribution >= 4 is 34.2 Å². The van der Waals surface area contributed by atoms with Crippen LogP contribution < -0.4 is 10.1 Å². The fourth-order valence-electron chi connectivity index (χ4n) is 2.84. The Kier molecular flexibility index (Phi) is 4.72. The standard InChI is InChI=1S/C17H17ClINO/c1-20-16(14-4-2-3-5-15(14)19)10-12-9-13(18)8-11-6-7-21-17(11)12/h2-5,8-9,16,20H,6-7,10H2,1H3. The largest absolute Gasteiger partial charge is 0.493 e. The minimum Gasteiger partial charge on any atom is -0.493 e. The number of hydrogen-bond donors (Lipinski definition) is 1. The van der Waals surface area contributed by atoms with Crippen molar-refractivity contribution in [2.75, 3.05) is 13.7 Å². The fourth-order valence-corrected chi connectivity index (χ4v) is 3.87. The highest BCUT2D eigenvalue weighted by Gasteiger charge is 2.21. The summed E-state index contributed by atoms with van der Waals surface area (Å²) in [6.07, 6.45) is 1.83. The van der Waals surface area contributed by atoms with E-state index >= 15 is 0 Å². The lowest BCUT2D eigenvalue weighted by Crippen LogP contribution is -2.20. The molecule has 1 heterocycles. The second-order valence-corrected chi connectivity index (χ2v) is 6.82. The van der Waals surface area contributed by atoms with Gasteiger partial charge in [-0.3, -0.25) is 0 Å². The van der Waals surface area contributed by atoms with Gasteiger partial charge in [0.2, 0.25) is 0 Å². The number of hydrogen-bond acceptors (Lipinski definition) is 2. The molecule has 110 valence electrons. The van der Waals surface area contributed by atoms with Crippen LogP contribution in [0.2, 0.25) is 5.02 Å². The fraction of sp³-hybridized carbons (Fsp3) is 0.294. The van der Waals surface area contributed by atoms with E-state index in [1.54, 1.807) is 0 Å². The van der Waals surface area contributed by atoms with Gasteiger partial charge in [-0.25, -0.2) is 0 Å². The third-order valence-electron chi connectivity index (χ3n) is 3.88. The van der Waals surface area contributed by atoms with Crippen LogP contribution in [0.4, 0.5) is 0 Å². The summed E-state index contributed by atoms with van der Waals surface area (Å²) in [5.41, 5.74) is 3.73. The van der Waals surface area contributed by atoms with Gasteiger partial charge in [0, 0.05) is 21.1 Å². The first-order valence-electron chi connectivity index (χ1n) is 7.05. The molecule has 0 radical (unpaired) electrons. The Balaban J connectivity index is 1.94. The van der Waals surface area contributed by atoms with Gasteiger partial charge in [0.15, 0.2) is 0 Å². The van der Waals surface area contributed by atoms with Crippen LogP contribution in [0.15, 0.2) is 36.4 Å². The lowest BCUT2D eigenvalue weighted by atomic mass is 9.97. The number of fused-ring (bicyclic) bond motifs is 1. The quantitative estimate of drug-likeness (QED) is 0.751. The molecule has 1 aliphatic heterocycles. The molecule has 1 aliphatic rings. The Morgan fingerprint density at radius 1 is 1.33 bits per heavy atom. The Hall–Kier alpha value is -0.780. The number of likely N-dealkylation sites (N-methyl/N-ethyl adjacent to an activating group) is 1. The van der Waals surface area contributed by atoms with Gasteiger partial charge in [-0.1, -0.05) is 29.8 Å². The van der Waals surface area contributed by atoms with Crippen LogP contribution in [0, 0.1) is 3.57 Å². The van der Waals surface area contributed by atoms with Crippen LogP contribution in [-0.4, -0.2) is 13.7 Å². The minimum atomic E-state index is 0.255. The topological polar surface area (TPSA) is 21.3 Å². The number of nitrogens with one attached hydrogen (secondary N) is 1. The maximum Gasteiger partial charge on any atom is 0.125 e. The molecule has 0 aromatic heterocycles. The molecule has 0 fully saturated rings. The minimum absolute atomic E-state index is 0.255. The first kappa shape index (κ1) is 15.1. The van der Waals surface area contributed by atoms with Crippen LogP contribution >= 0.6 is 34.2 Å². The van der Waals surface area contributed by atoms with Crippen LogP contribution in [-0.2, 0) is 12.8 Å². The molecule has 0 saturated heterocycles. The molecular formula is C17H17ClINO. The summed E-state index contributed by atoms with van der Waals surface area (Å²) in [5, 5.41) is 4.21. The van der Waals surface area contributed by atoms with E-state index in [9.17, 15) is 0 Å².